The largest absolute Gasteiger partial charge is 0.497 e. The molecule has 1 aliphatic heterocycles. The average Bonchev–Trinajstić information content (AvgIpc) is 3.13. The van der Waals surface area contributed by atoms with Gasteiger partial charge in [0.2, 0.25) is 0 Å². The van der Waals surface area contributed by atoms with Gasteiger partial charge >= 0.3 is 0 Å². The van der Waals surface area contributed by atoms with Gasteiger partial charge in [-0.1, -0.05) is 18.6 Å². The molecule has 1 fully saturated rings. The van der Waals surface area contributed by atoms with Gasteiger partial charge in [-0.05, 0) is 69.3 Å². The molecule has 1 aromatic heterocycles. The topological polar surface area (TPSA) is 39.5 Å². The highest BCUT2D eigenvalue weighted by molar-refractivity contribution is 5.76. The molecule has 3 aromatic rings. The summed E-state index contributed by atoms with van der Waals surface area (Å²) in [5, 5.41) is 0. The number of hydrogen-bond donors (Lipinski definition) is 0. The van der Waals surface area contributed by atoms with Crippen LogP contribution in [0.4, 0.5) is 0 Å². The van der Waals surface area contributed by atoms with E-state index in [1.165, 1.54) is 24.8 Å². The van der Waals surface area contributed by atoms with Crippen LogP contribution >= 0.6 is 0 Å². The van der Waals surface area contributed by atoms with Crippen molar-refractivity contribution < 1.29 is 9.47 Å². The van der Waals surface area contributed by atoms with Gasteiger partial charge in [-0.25, -0.2) is 4.98 Å². The molecule has 2 aromatic carbocycles. The first-order chi connectivity index (χ1) is 13.8. The smallest absolute Gasteiger partial charge is 0.127 e. The molecule has 28 heavy (non-hydrogen) atoms. The Bertz CT molecular complexity index is 898. The van der Waals surface area contributed by atoms with E-state index in [0.717, 1.165) is 42.5 Å². The summed E-state index contributed by atoms with van der Waals surface area (Å²) < 4.78 is 13.5. The number of hydrogen-bond acceptors (Lipinski definition) is 4. The summed E-state index contributed by atoms with van der Waals surface area (Å²) >= 11 is 0. The van der Waals surface area contributed by atoms with E-state index in [4.69, 9.17) is 14.5 Å². The van der Waals surface area contributed by atoms with Gasteiger partial charge in [-0.2, -0.15) is 0 Å². The lowest BCUT2D eigenvalue weighted by molar-refractivity contribution is 0.165. The zero-order valence-corrected chi connectivity index (χ0v) is 16.8. The van der Waals surface area contributed by atoms with Gasteiger partial charge in [0, 0.05) is 0 Å². The van der Waals surface area contributed by atoms with Crippen LogP contribution in [0.3, 0.4) is 0 Å². The van der Waals surface area contributed by atoms with Crippen LogP contribution in [0, 0.1) is 0 Å². The van der Waals surface area contributed by atoms with Crippen molar-refractivity contribution in [2.75, 3.05) is 26.8 Å². The van der Waals surface area contributed by atoms with E-state index in [-0.39, 0.29) is 0 Å². The Morgan fingerprint density at radius 1 is 0.964 bits per heavy atom. The van der Waals surface area contributed by atoms with Crippen LogP contribution in [-0.2, 0) is 6.54 Å². The summed E-state index contributed by atoms with van der Waals surface area (Å²) in [5.74, 6) is 2.84. The molecule has 0 unspecified atom stereocenters. The van der Waals surface area contributed by atoms with Gasteiger partial charge in [0.1, 0.15) is 23.9 Å². The van der Waals surface area contributed by atoms with Gasteiger partial charge in [-0.3, -0.25) is 4.90 Å². The highest BCUT2D eigenvalue weighted by Gasteiger charge is 2.23. The average molecular weight is 380 g/mol. The van der Waals surface area contributed by atoms with E-state index >= 15 is 0 Å². The minimum absolute atomic E-state index is 0.314. The number of rotatable bonds is 7. The van der Waals surface area contributed by atoms with Crippen LogP contribution in [0.15, 0.2) is 48.5 Å². The monoisotopic (exact) mass is 379 g/mol. The quantitative estimate of drug-likeness (QED) is 0.598. The number of fused-ring (bicyclic) bond motifs is 1. The molecule has 1 saturated heterocycles. The maximum Gasteiger partial charge on any atom is 0.127 e. The Morgan fingerprint density at radius 3 is 2.43 bits per heavy atom. The Morgan fingerprint density at radius 2 is 1.68 bits per heavy atom. The second-order valence-electron chi connectivity index (χ2n) is 7.41. The van der Waals surface area contributed by atoms with Crippen molar-refractivity contribution in [2.45, 2.75) is 38.8 Å². The SMILES string of the molecule is COc1ccc(OCCn2c([C@@H](C)N3CCCCC3)nc3ccccc32)cc1. The normalized spacial score (nSPS) is 16.2. The van der Waals surface area contributed by atoms with Crippen molar-refractivity contribution >= 4 is 11.0 Å². The van der Waals surface area contributed by atoms with Crippen molar-refractivity contribution in [3.05, 3.63) is 54.4 Å². The number of ether oxygens (including phenoxy) is 2. The molecule has 1 aliphatic rings. The second-order valence-corrected chi connectivity index (χ2v) is 7.41. The molecule has 5 nitrogen and oxygen atoms in total. The molecule has 0 amide bonds. The molecule has 5 heteroatoms. The summed E-state index contributed by atoms with van der Waals surface area (Å²) in [4.78, 5) is 7.55. The van der Waals surface area contributed by atoms with Gasteiger partial charge in [0.25, 0.3) is 0 Å². The molecule has 0 N–H and O–H groups in total. The fourth-order valence-corrected chi connectivity index (χ4v) is 4.04. The zero-order chi connectivity index (χ0) is 19.3. The van der Waals surface area contributed by atoms with E-state index in [0.29, 0.717) is 12.6 Å². The molecular weight excluding hydrogens is 350 g/mol. The van der Waals surface area contributed by atoms with E-state index in [2.05, 4.69) is 40.7 Å². The van der Waals surface area contributed by atoms with Gasteiger partial charge in [-0.15, -0.1) is 0 Å². The Labute approximate surface area is 166 Å². The number of nitrogens with zero attached hydrogens (tertiary/aromatic N) is 3. The first-order valence-electron chi connectivity index (χ1n) is 10.2. The fourth-order valence-electron chi connectivity index (χ4n) is 4.04. The van der Waals surface area contributed by atoms with Crippen LogP contribution in [0.5, 0.6) is 11.5 Å². The minimum atomic E-state index is 0.314. The van der Waals surface area contributed by atoms with Crippen molar-refractivity contribution in [3.8, 4) is 11.5 Å². The third kappa shape index (κ3) is 3.99. The summed E-state index contributed by atoms with van der Waals surface area (Å²) in [6.45, 7) is 5.99. The van der Waals surface area contributed by atoms with Crippen molar-refractivity contribution in [2.24, 2.45) is 0 Å². The maximum atomic E-state index is 5.99. The highest BCUT2D eigenvalue weighted by Crippen LogP contribution is 2.27. The minimum Gasteiger partial charge on any atom is -0.497 e. The van der Waals surface area contributed by atoms with E-state index in [1.54, 1.807) is 7.11 Å². The van der Waals surface area contributed by atoms with Crippen LogP contribution in [0.1, 0.15) is 38.1 Å². The molecule has 148 valence electrons. The fraction of sp³-hybridized carbons (Fsp3) is 0.435. The number of aromatic nitrogens is 2. The number of benzene rings is 2. The maximum absolute atomic E-state index is 5.99. The van der Waals surface area contributed by atoms with E-state index in [9.17, 15) is 0 Å². The van der Waals surface area contributed by atoms with E-state index < -0.39 is 0 Å². The van der Waals surface area contributed by atoms with Gasteiger partial charge < -0.3 is 14.0 Å². The predicted octanol–water partition coefficient (Wildman–Crippen LogP) is 4.67. The lowest BCUT2D eigenvalue weighted by Gasteiger charge is -2.32. The van der Waals surface area contributed by atoms with Crippen LogP contribution in [0.25, 0.3) is 11.0 Å². The first kappa shape index (κ1) is 18.8. The molecule has 0 saturated carbocycles. The third-order valence-electron chi connectivity index (χ3n) is 5.64. The summed E-state index contributed by atoms with van der Waals surface area (Å²) in [7, 11) is 1.67. The lowest BCUT2D eigenvalue weighted by Crippen LogP contribution is -2.34. The van der Waals surface area contributed by atoms with Crippen LogP contribution in [0.2, 0.25) is 0 Å². The van der Waals surface area contributed by atoms with Gasteiger partial charge in [0.05, 0.1) is 30.7 Å². The number of imidazole rings is 1. The predicted molar refractivity (Wildman–Crippen MR) is 112 cm³/mol. The molecular formula is C23H29N3O2. The van der Waals surface area contributed by atoms with E-state index in [1.807, 2.05) is 24.3 Å². The molecule has 0 spiro atoms. The summed E-state index contributed by atoms with van der Waals surface area (Å²) in [5.41, 5.74) is 2.24. The van der Waals surface area contributed by atoms with Crippen LogP contribution in [-0.4, -0.2) is 41.3 Å². The number of methoxy groups -OCH3 is 1. The van der Waals surface area contributed by atoms with Gasteiger partial charge in [0.15, 0.2) is 0 Å². The van der Waals surface area contributed by atoms with Crippen molar-refractivity contribution in [3.63, 3.8) is 0 Å². The number of piperidine rings is 1. The standard InChI is InChI=1S/C23H29N3O2/c1-18(25-14-6-3-7-15-25)23-24-21-8-4-5-9-22(21)26(23)16-17-28-20-12-10-19(27-2)11-13-20/h4-5,8-13,18H,3,6-7,14-17H2,1-2H3/t18-/m1/s1. The lowest BCUT2D eigenvalue weighted by atomic mass is 10.1. The number of likely N-dealkylation sites (tertiary alicyclic amines) is 1. The Kier molecular flexibility index (Phi) is 5.81. The summed E-state index contributed by atoms with van der Waals surface area (Å²) in [6, 6.07) is 16.4. The summed E-state index contributed by atoms with van der Waals surface area (Å²) in [6.07, 6.45) is 3.91. The zero-order valence-electron chi connectivity index (χ0n) is 16.8. The molecule has 0 aliphatic carbocycles. The Hall–Kier alpha value is -2.53. The van der Waals surface area contributed by atoms with Crippen molar-refractivity contribution in [1.82, 2.24) is 14.5 Å². The third-order valence-corrected chi connectivity index (χ3v) is 5.64. The molecule has 0 radical (unpaired) electrons. The van der Waals surface area contributed by atoms with Crippen molar-refractivity contribution in [1.29, 1.82) is 0 Å². The molecule has 2 heterocycles. The highest BCUT2D eigenvalue weighted by atomic mass is 16.5. The first-order valence-corrected chi connectivity index (χ1v) is 10.2. The second kappa shape index (κ2) is 8.65. The molecule has 4 rings (SSSR count). The number of para-hydroxylation sites is 2. The molecule has 1 atom stereocenters. The molecule has 0 bridgehead atoms. The van der Waals surface area contributed by atoms with Crippen LogP contribution < -0.4 is 9.47 Å². The Balaban J connectivity index is 1.52.